The summed E-state index contributed by atoms with van der Waals surface area (Å²) < 4.78 is 40.3. The molecule has 0 aromatic heterocycles. The van der Waals surface area contributed by atoms with Crippen LogP contribution in [0.25, 0.3) is 0 Å². The molecule has 1 aromatic rings. The predicted octanol–water partition coefficient (Wildman–Crippen LogP) is 0.753. The van der Waals surface area contributed by atoms with Gasteiger partial charge in [0.25, 0.3) is 0 Å². The standard InChI is InChI=1S/C15H20FN3O5S/c16-11-3-1-5-13(9-11)25(23,24)18-12-4-2-8-19(10-12)15(22)17-7-6-14(20)21/h1,3,5,9,12,18H,2,4,6-8,10H2,(H,17,22)(H,20,21). The maximum atomic E-state index is 13.2. The van der Waals surface area contributed by atoms with E-state index in [1.54, 1.807) is 0 Å². The fourth-order valence-corrected chi connectivity index (χ4v) is 3.86. The van der Waals surface area contributed by atoms with Gasteiger partial charge >= 0.3 is 12.0 Å². The van der Waals surface area contributed by atoms with E-state index in [0.29, 0.717) is 19.4 Å². The topological polar surface area (TPSA) is 116 Å². The predicted molar refractivity (Wildman–Crippen MR) is 87.0 cm³/mol. The smallest absolute Gasteiger partial charge is 0.317 e. The molecule has 0 bridgehead atoms. The van der Waals surface area contributed by atoms with Gasteiger partial charge in [0, 0.05) is 25.7 Å². The molecule has 1 saturated heterocycles. The number of piperidine rings is 1. The molecule has 2 rings (SSSR count). The van der Waals surface area contributed by atoms with E-state index in [4.69, 9.17) is 5.11 Å². The van der Waals surface area contributed by atoms with Gasteiger partial charge in [0.1, 0.15) is 5.82 Å². The largest absolute Gasteiger partial charge is 0.481 e. The van der Waals surface area contributed by atoms with Gasteiger partial charge < -0.3 is 15.3 Å². The van der Waals surface area contributed by atoms with Crippen LogP contribution < -0.4 is 10.0 Å². The Balaban J connectivity index is 1.94. The van der Waals surface area contributed by atoms with Gasteiger partial charge in [0.15, 0.2) is 0 Å². The number of carbonyl (C=O) groups is 2. The Morgan fingerprint density at radius 2 is 2.12 bits per heavy atom. The highest BCUT2D eigenvalue weighted by Crippen LogP contribution is 2.15. The van der Waals surface area contributed by atoms with Crippen molar-refractivity contribution in [3.05, 3.63) is 30.1 Å². The quantitative estimate of drug-likeness (QED) is 0.681. The van der Waals surface area contributed by atoms with Crippen molar-refractivity contribution in [2.45, 2.75) is 30.2 Å². The Hall–Kier alpha value is -2.20. The summed E-state index contributed by atoms with van der Waals surface area (Å²) in [5.41, 5.74) is 0. The molecule has 10 heteroatoms. The Labute approximate surface area is 145 Å². The fourth-order valence-electron chi connectivity index (χ4n) is 2.57. The summed E-state index contributed by atoms with van der Waals surface area (Å²) >= 11 is 0. The lowest BCUT2D eigenvalue weighted by Crippen LogP contribution is -2.52. The first-order chi connectivity index (χ1) is 11.8. The molecule has 0 aliphatic carbocycles. The number of amides is 2. The zero-order chi connectivity index (χ0) is 18.4. The average Bonchev–Trinajstić information content (AvgIpc) is 2.54. The molecule has 1 unspecified atom stereocenters. The summed E-state index contributed by atoms with van der Waals surface area (Å²) in [4.78, 5) is 23.7. The Morgan fingerprint density at radius 3 is 2.80 bits per heavy atom. The molecular weight excluding hydrogens is 353 g/mol. The number of carboxylic acids is 1. The lowest BCUT2D eigenvalue weighted by molar-refractivity contribution is -0.136. The minimum absolute atomic E-state index is 0.00432. The molecule has 8 nitrogen and oxygen atoms in total. The van der Waals surface area contributed by atoms with E-state index in [1.807, 2.05) is 0 Å². The van der Waals surface area contributed by atoms with Gasteiger partial charge in [0.2, 0.25) is 10.0 Å². The van der Waals surface area contributed by atoms with Crippen molar-refractivity contribution in [3.63, 3.8) is 0 Å². The number of benzene rings is 1. The number of rotatable bonds is 6. The zero-order valence-corrected chi connectivity index (χ0v) is 14.3. The first-order valence-electron chi connectivity index (χ1n) is 7.80. The third-order valence-corrected chi connectivity index (χ3v) is 5.27. The van der Waals surface area contributed by atoms with E-state index in [-0.39, 0.29) is 24.4 Å². The van der Waals surface area contributed by atoms with E-state index in [9.17, 15) is 22.4 Å². The molecule has 1 heterocycles. The summed E-state index contributed by atoms with van der Waals surface area (Å²) in [5.74, 6) is -1.66. The molecule has 1 atom stereocenters. The molecule has 1 fully saturated rings. The number of hydrogen-bond acceptors (Lipinski definition) is 4. The first kappa shape index (κ1) is 19.1. The summed E-state index contributed by atoms with van der Waals surface area (Å²) in [6.45, 7) is 0.620. The van der Waals surface area contributed by atoms with E-state index in [1.165, 1.54) is 17.0 Å². The Kier molecular flexibility index (Phi) is 6.32. The number of halogens is 1. The number of aliphatic carboxylic acids is 1. The van der Waals surface area contributed by atoms with Crippen LogP contribution in [0.3, 0.4) is 0 Å². The number of sulfonamides is 1. The van der Waals surface area contributed by atoms with Crippen LogP contribution in [-0.2, 0) is 14.8 Å². The zero-order valence-electron chi connectivity index (χ0n) is 13.4. The number of likely N-dealkylation sites (tertiary alicyclic amines) is 1. The maximum Gasteiger partial charge on any atom is 0.317 e. The van der Waals surface area contributed by atoms with Crippen molar-refractivity contribution >= 4 is 22.0 Å². The van der Waals surface area contributed by atoms with Crippen LogP contribution in [-0.4, -0.2) is 56.1 Å². The van der Waals surface area contributed by atoms with Gasteiger partial charge in [-0.05, 0) is 31.0 Å². The summed E-state index contributed by atoms with van der Waals surface area (Å²) in [6, 6.07) is 3.77. The highest BCUT2D eigenvalue weighted by Gasteiger charge is 2.27. The Bertz CT molecular complexity index is 740. The first-order valence-corrected chi connectivity index (χ1v) is 9.29. The number of carboxylic acid groups (broad SMARTS) is 1. The highest BCUT2D eigenvalue weighted by molar-refractivity contribution is 7.89. The number of carbonyl (C=O) groups excluding carboxylic acids is 1. The van der Waals surface area contributed by atoms with Gasteiger partial charge in [-0.25, -0.2) is 22.3 Å². The normalized spacial score (nSPS) is 18.0. The number of urea groups is 1. The number of nitrogens with one attached hydrogen (secondary N) is 2. The van der Waals surface area contributed by atoms with Crippen LogP contribution in [0.2, 0.25) is 0 Å². The summed E-state index contributed by atoms with van der Waals surface area (Å²) in [7, 11) is -3.89. The van der Waals surface area contributed by atoms with Crippen molar-refractivity contribution in [2.24, 2.45) is 0 Å². The molecule has 1 aliphatic heterocycles. The van der Waals surface area contributed by atoms with Crippen LogP contribution in [0.1, 0.15) is 19.3 Å². The van der Waals surface area contributed by atoms with Crippen molar-refractivity contribution in [2.75, 3.05) is 19.6 Å². The third kappa shape index (κ3) is 5.68. The van der Waals surface area contributed by atoms with E-state index >= 15 is 0 Å². The van der Waals surface area contributed by atoms with Gasteiger partial charge in [0.05, 0.1) is 11.3 Å². The number of nitrogens with zero attached hydrogens (tertiary/aromatic N) is 1. The maximum absolute atomic E-state index is 13.2. The molecule has 1 aromatic carbocycles. The minimum atomic E-state index is -3.89. The monoisotopic (exact) mass is 373 g/mol. The summed E-state index contributed by atoms with van der Waals surface area (Å²) in [5, 5.41) is 11.1. The SMILES string of the molecule is O=C(O)CCNC(=O)N1CCCC(NS(=O)(=O)c2cccc(F)c2)C1. The fraction of sp³-hybridized carbons (Fsp3) is 0.467. The van der Waals surface area contributed by atoms with E-state index in [0.717, 1.165) is 12.1 Å². The molecule has 138 valence electrons. The molecule has 1 aliphatic rings. The second-order valence-corrected chi connectivity index (χ2v) is 7.45. The molecule has 0 spiro atoms. The van der Waals surface area contributed by atoms with Gasteiger partial charge in [-0.15, -0.1) is 0 Å². The van der Waals surface area contributed by atoms with Crippen LogP contribution in [0.4, 0.5) is 9.18 Å². The Morgan fingerprint density at radius 1 is 1.36 bits per heavy atom. The average molecular weight is 373 g/mol. The van der Waals surface area contributed by atoms with Crippen molar-refractivity contribution < 1.29 is 27.5 Å². The van der Waals surface area contributed by atoms with Gasteiger partial charge in [-0.2, -0.15) is 0 Å². The molecule has 0 radical (unpaired) electrons. The van der Waals surface area contributed by atoms with E-state index in [2.05, 4.69) is 10.0 Å². The van der Waals surface area contributed by atoms with Crippen molar-refractivity contribution in [1.82, 2.24) is 14.9 Å². The van der Waals surface area contributed by atoms with Gasteiger partial charge in [-0.3, -0.25) is 4.79 Å². The van der Waals surface area contributed by atoms with Crippen LogP contribution in [0.5, 0.6) is 0 Å². The molecule has 25 heavy (non-hydrogen) atoms. The lowest BCUT2D eigenvalue weighted by atomic mass is 10.1. The lowest BCUT2D eigenvalue weighted by Gasteiger charge is -2.33. The third-order valence-electron chi connectivity index (χ3n) is 3.75. The number of hydrogen-bond donors (Lipinski definition) is 3. The van der Waals surface area contributed by atoms with Crippen molar-refractivity contribution in [3.8, 4) is 0 Å². The molecule has 2 amide bonds. The highest BCUT2D eigenvalue weighted by atomic mass is 32.2. The van der Waals surface area contributed by atoms with Crippen LogP contribution >= 0.6 is 0 Å². The minimum Gasteiger partial charge on any atom is -0.481 e. The van der Waals surface area contributed by atoms with Crippen LogP contribution in [0.15, 0.2) is 29.2 Å². The second kappa shape index (κ2) is 8.26. The molecule has 0 saturated carbocycles. The molecule has 3 N–H and O–H groups in total. The van der Waals surface area contributed by atoms with Crippen LogP contribution in [0, 0.1) is 5.82 Å². The summed E-state index contributed by atoms with van der Waals surface area (Å²) in [6.07, 6.45) is 0.964. The van der Waals surface area contributed by atoms with E-state index < -0.39 is 33.9 Å². The molecular formula is C15H20FN3O5S. The second-order valence-electron chi connectivity index (χ2n) is 5.74. The van der Waals surface area contributed by atoms with Crippen molar-refractivity contribution in [1.29, 1.82) is 0 Å². The van der Waals surface area contributed by atoms with Gasteiger partial charge in [-0.1, -0.05) is 6.07 Å².